The summed E-state index contributed by atoms with van der Waals surface area (Å²) in [5.74, 6) is 0. The van der Waals surface area contributed by atoms with Gasteiger partial charge in [-0.25, -0.2) is 0 Å². The second-order valence-corrected chi connectivity index (χ2v) is 1.41. The van der Waals surface area contributed by atoms with E-state index in [1.165, 1.54) is 7.05 Å². The van der Waals surface area contributed by atoms with Crippen LogP contribution in [0.5, 0.6) is 0 Å². The van der Waals surface area contributed by atoms with Crippen LogP contribution in [0.2, 0.25) is 0 Å². The number of nitrogens with one attached hydrogen (secondary N) is 3. The molecule has 0 aliphatic carbocycles. The first kappa shape index (κ1) is 8.76. The molecule has 0 fully saturated rings. The molecule has 0 aromatic heterocycles. The van der Waals surface area contributed by atoms with Crippen molar-refractivity contribution in [3.05, 3.63) is 10.4 Å². The minimum atomic E-state index is -0.690. The van der Waals surface area contributed by atoms with Gasteiger partial charge in [-0.1, -0.05) is 5.34 Å². The molecular weight excluding hydrogens is 126 g/mol. The van der Waals surface area contributed by atoms with Crippen LogP contribution in [0.15, 0.2) is 0 Å². The summed E-state index contributed by atoms with van der Waals surface area (Å²) in [6, 6.07) is 0. The van der Waals surface area contributed by atoms with E-state index in [1.807, 2.05) is 0 Å². The largest absolute Gasteiger partial charge is 0.596 e. The van der Waals surface area contributed by atoms with E-state index in [9.17, 15) is 10.4 Å². The van der Waals surface area contributed by atoms with Gasteiger partial charge in [0, 0.05) is 11.5 Å². The molecule has 0 bridgehead atoms. The Morgan fingerprint density at radius 1 is 1.56 bits per heavy atom. The molecule has 0 saturated heterocycles. The van der Waals surface area contributed by atoms with E-state index < -0.39 is 10.6 Å². The maximum atomic E-state index is 10.3. The molecular formula is C3H11N3O3. The van der Waals surface area contributed by atoms with E-state index in [0.29, 0.717) is 6.54 Å². The summed E-state index contributed by atoms with van der Waals surface area (Å²) < 4.78 is 0. The predicted octanol–water partition coefficient (Wildman–Crippen LogP) is -3.25. The van der Waals surface area contributed by atoms with Gasteiger partial charge in [-0.15, -0.1) is 5.43 Å². The average Bonchev–Trinajstić information content (AvgIpc) is 1.63. The van der Waals surface area contributed by atoms with E-state index in [4.69, 9.17) is 0 Å². The first-order valence-corrected chi connectivity index (χ1v) is 2.63. The lowest BCUT2D eigenvalue weighted by Gasteiger charge is -2.20. The summed E-state index contributed by atoms with van der Waals surface area (Å²) in [7, 11) is 1.18. The molecule has 0 aromatic rings. The maximum absolute atomic E-state index is 10.3. The second kappa shape index (κ2) is 4.62. The SMILES string of the molecule is CCN[NH+]([O-])O[NH+](C)[O-]. The second-order valence-electron chi connectivity index (χ2n) is 1.41. The van der Waals surface area contributed by atoms with Gasteiger partial charge >= 0.3 is 0 Å². The maximum Gasteiger partial charge on any atom is 0.102 e. The highest BCUT2D eigenvalue weighted by Crippen LogP contribution is 1.36. The van der Waals surface area contributed by atoms with Crippen LogP contribution in [0.4, 0.5) is 0 Å². The number of hydrogen-bond acceptors (Lipinski definition) is 4. The van der Waals surface area contributed by atoms with Gasteiger partial charge in [-0.2, -0.15) is 5.23 Å². The molecule has 6 heteroatoms. The lowest BCUT2D eigenvalue weighted by molar-refractivity contribution is -1.32. The Balaban J connectivity index is 3.15. The zero-order chi connectivity index (χ0) is 7.28. The normalized spacial score (nSPS) is 17.3. The Kier molecular flexibility index (Phi) is 4.50. The zero-order valence-electron chi connectivity index (χ0n) is 5.43. The molecule has 2 unspecified atom stereocenters. The molecule has 0 radical (unpaired) electrons. The fourth-order valence-corrected chi connectivity index (χ4v) is 0.311. The van der Waals surface area contributed by atoms with E-state index >= 15 is 0 Å². The highest BCUT2D eigenvalue weighted by molar-refractivity contribution is 4.08. The van der Waals surface area contributed by atoms with E-state index in [2.05, 4.69) is 10.4 Å². The topological polar surface area (TPSA) is 76.3 Å². The smallest absolute Gasteiger partial charge is 0.102 e. The van der Waals surface area contributed by atoms with Gasteiger partial charge in [-0.05, 0) is 6.92 Å². The quantitative estimate of drug-likeness (QED) is 0.356. The molecule has 3 N–H and O–H groups in total. The third kappa shape index (κ3) is 5.63. The van der Waals surface area contributed by atoms with Gasteiger partial charge in [-0.3, -0.25) is 0 Å². The third-order valence-corrected chi connectivity index (χ3v) is 0.558. The van der Waals surface area contributed by atoms with Crippen molar-refractivity contribution >= 4 is 0 Å². The van der Waals surface area contributed by atoms with Gasteiger partial charge in [0.1, 0.15) is 7.05 Å². The minimum Gasteiger partial charge on any atom is -0.596 e. The van der Waals surface area contributed by atoms with Gasteiger partial charge in [0.15, 0.2) is 0 Å². The van der Waals surface area contributed by atoms with Crippen molar-refractivity contribution < 1.29 is 15.5 Å². The van der Waals surface area contributed by atoms with Crippen LogP contribution in [0.25, 0.3) is 0 Å². The molecule has 0 aliphatic heterocycles. The lowest BCUT2D eigenvalue weighted by atomic mass is 10.8. The molecule has 0 saturated carbocycles. The third-order valence-electron chi connectivity index (χ3n) is 0.558. The highest BCUT2D eigenvalue weighted by Gasteiger charge is 1.95. The fraction of sp³-hybridized carbons (Fsp3) is 1.00. The van der Waals surface area contributed by atoms with Crippen LogP contribution < -0.4 is 16.0 Å². The van der Waals surface area contributed by atoms with Crippen molar-refractivity contribution in [3.63, 3.8) is 0 Å². The Hall–Kier alpha value is -0.240. The Bertz CT molecular complexity index is 69.3. The number of quaternary nitrogens is 2. The molecule has 6 nitrogen and oxygen atoms in total. The average molecular weight is 137 g/mol. The van der Waals surface area contributed by atoms with E-state index in [0.717, 1.165) is 0 Å². The zero-order valence-corrected chi connectivity index (χ0v) is 5.43. The van der Waals surface area contributed by atoms with Gasteiger partial charge in [0.05, 0.1) is 0 Å². The van der Waals surface area contributed by atoms with Gasteiger partial charge < -0.3 is 10.4 Å². The minimum absolute atomic E-state index is 0.464. The summed E-state index contributed by atoms with van der Waals surface area (Å²) >= 11 is 0. The van der Waals surface area contributed by atoms with E-state index in [1.54, 1.807) is 6.92 Å². The van der Waals surface area contributed by atoms with Crippen LogP contribution in [0.1, 0.15) is 6.92 Å². The standard InChI is InChI=1S/C3H11N3O3/c1-3-4-6(8)9-5(2)7/h4-6H,3H2,1-2H3. The summed E-state index contributed by atoms with van der Waals surface area (Å²) in [6.07, 6.45) is 0. The summed E-state index contributed by atoms with van der Waals surface area (Å²) in [5.41, 5.74) is 2.29. The first-order valence-electron chi connectivity index (χ1n) is 2.63. The van der Waals surface area contributed by atoms with Crippen LogP contribution >= 0.6 is 0 Å². The van der Waals surface area contributed by atoms with Crippen molar-refractivity contribution in [2.45, 2.75) is 6.92 Å². The molecule has 0 aliphatic rings. The number of hydrogen-bond donors (Lipinski definition) is 3. The Morgan fingerprint density at radius 2 is 2.11 bits per heavy atom. The summed E-state index contributed by atoms with van der Waals surface area (Å²) in [4.78, 5) is 4.10. The van der Waals surface area contributed by atoms with E-state index in [-0.39, 0.29) is 0 Å². The first-order chi connectivity index (χ1) is 4.16. The summed E-state index contributed by atoms with van der Waals surface area (Å²) in [6.45, 7) is 2.20. The Morgan fingerprint density at radius 3 is 2.44 bits per heavy atom. The van der Waals surface area contributed by atoms with Crippen molar-refractivity contribution in [2.75, 3.05) is 13.6 Å². The van der Waals surface area contributed by atoms with Gasteiger partial charge in [0.2, 0.25) is 0 Å². The highest BCUT2D eigenvalue weighted by atomic mass is 17.1. The van der Waals surface area contributed by atoms with Crippen molar-refractivity contribution in [3.8, 4) is 0 Å². The van der Waals surface area contributed by atoms with Crippen LogP contribution in [0.3, 0.4) is 0 Å². The van der Waals surface area contributed by atoms with Crippen LogP contribution in [-0.2, 0) is 4.94 Å². The molecule has 0 aromatic carbocycles. The van der Waals surface area contributed by atoms with Crippen molar-refractivity contribution in [1.29, 1.82) is 0 Å². The van der Waals surface area contributed by atoms with Crippen LogP contribution in [-0.4, -0.2) is 13.6 Å². The van der Waals surface area contributed by atoms with Gasteiger partial charge in [0.25, 0.3) is 0 Å². The molecule has 0 amide bonds. The lowest BCUT2D eigenvalue weighted by Crippen LogP contribution is -3.27. The molecule has 0 heterocycles. The number of hydroxylamine groups is 2. The van der Waals surface area contributed by atoms with Crippen LogP contribution in [0, 0.1) is 10.4 Å². The molecule has 2 atom stereocenters. The fourth-order valence-electron chi connectivity index (χ4n) is 0.311. The summed E-state index contributed by atoms with van der Waals surface area (Å²) in [5, 5.41) is 19.1. The molecule has 0 rings (SSSR count). The predicted molar refractivity (Wildman–Crippen MR) is 29.3 cm³/mol. The van der Waals surface area contributed by atoms with Crippen molar-refractivity contribution in [1.82, 2.24) is 5.43 Å². The number of rotatable bonds is 4. The molecule has 9 heavy (non-hydrogen) atoms. The Labute approximate surface area is 53.0 Å². The molecule has 56 valence electrons. The van der Waals surface area contributed by atoms with Crippen molar-refractivity contribution in [2.24, 2.45) is 0 Å². The molecule has 0 spiro atoms. The monoisotopic (exact) mass is 137 g/mol.